The highest BCUT2D eigenvalue weighted by Gasteiger charge is 2.02. The SMILES string of the molecule is Cc1nccc(-c2ccc(NC(=O)C=Cc3csc(C)n3)cc2)n1. The Labute approximate surface area is 144 Å². The quantitative estimate of drug-likeness (QED) is 0.734. The lowest BCUT2D eigenvalue weighted by Gasteiger charge is -2.05. The van der Waals surface area contributed by atoms with Crippen molar-refractivity contribution in [2.24, 2.45) is 0 Å². The predicted octanol–water partition coefficient (Wildman–Crippen LogP) is 3.87. The van der Waals surface area contributed by atoms with Gasteiger partial charge in [-0.3, -0.25) is 4.79 Å². The fraction of sp³-hybridized carbons (Fsp3) is 0.111. The summed E-state index contributed by atoms with van der Waals surface area (Å²) in [6.07, 6.45) is 4.92. The van der Waals surface area contributed by atoms with Gasteiger partial charge < -0.3 is 5.32 Å². The number of carbonyl (C=O) groups excluding carboxylic acids is 1. The molecule has 0 saturated carbocycles. The Kier molecular flexibility index (Phi) is 4.77. The molecule has 0 aliphatic heterocycles. The van der Waals surface area contributed by atoms with E-state index < -0.39 is 0 Å². The van der Waals surface area contributed by atoms with Gasteiger partial charge in [0.05, 0.1) is 16.4 Å². The average Bonchev–Trinajstić information content (AvgIpc) is 2.99. The highest BCUT2D eigenvalue weighted by atomic mass is 32.1. The van der Waals surface area contributed by atoms with Crippen molar-refractivity contribution in [3.8, 4) is 11.3 Å². The topological polar surface area (TPSA) is 67.8 Å². The number of nitrogens with one attached hydrogen (secondary N) is 1. The van der Waals surface area contributed by atoms with Gasteiger partial charge in [-0.25, -0.2) is 15.0 Å². The standard InChI is InChI=1S/C18H16N4OS/c1-12-19-10-9-17(20-12)14-3-5-15(6-4-14)22-18(23)8-7-16-11-24-13(2)21-16/h3-11H,1-2H3,(H,22,23). The summed E-state index contributed by atoms with van der Waals surface area (Å²) in [6, 6.07) is 9.41. The zero-order valence-corrected chi connectivity index (χ0v) is 14.2. The molecule has 0 atom stereocenters. The Morgan fingerprint density at radius 1 is 1.12 bits per heavy atom. The highest BCUT2D eigenvalue weighted by Crippen LogP contribution is 2.19. The minimum Gasteiger partial charge on any atom is -0.323 e. The van der Waals surface area contributed by atoms with Crippen LogP contribution < -0.4 is 5.32 Å². The van der Waals surface area contributed by atoms with E-state index in [0.717, 1.165) is 33.5 Å². The van der Waals surface area contributed by atoms with E-state index in [-0.39, 0.29) is 5.91 Å². The van der Waals surface area contributed by atoms with Crippen molar-refractivity contribution >= 4 is 29.0 Å². The van der Waals surface area contributed by atoms with Crippen LogP contribution in [0, 0.1) is 13.8 Å². The van der Waals surface area contributed by atoms with E-state index in [1.807, 2.05) is 49.6 Å². The monoisotopic (exact) mass is 336 g/mol. The van der Waals surface area contributed by atoms with Crippen molar-refractivity contribution in [2.75, 3.05) is 5.32 Å². The molecule has 1 N–H and O–H groups in total. The molecule has 3 aromatic rings. The van der Waals surface area contributed by atoms with Crippen LogP contribution >= 0.6 is 11.3 Å². The Morgan fingerprint density at radius 3 is 2.58 bits per heavy atom. The molecule has 0 radical (unpaired) electrons. The Morgan fingerprint density at radius 2 is 1.92 bits per heavy atom. The summed E-state index contributed by atoms with van der Waals surface area (Å²) in [5, 5.41) is 5.72. The van der Waals surface area contributed by atoms with E-state index >= 15 is 0 Å². The molecule has 3 rings (SSSR count). The number of aryl methyl sites for hydroxylation is 2. The Balaban J connectivity index is 1.65. The van der Waals surface area contributed by atoms with E-state index in [1.165, 1.54) is 6.08 Å². The largest absolute Gasteiger partial charge is 0.323 e. The van der Waals surface area contributed by atoms with Crippen molar-refractivity contribution in [1.82, 2.24) is 15.0 Å². The summed E-state index contributed by atoms with van der Waals surface area (Å²) in [5.74, 6) is 0.540. The van der Waals surface area contributed by atoms with Crippen LogP contribution in [0.1, 0.15) is 16.5 Å². The minimum absolute atomic E-state index is 0.189. The molecular formula is C18H16N4OS. The zero-order valence-electron chi connectivity index (χ0n) is 13.4. The van der Waals surface area contributed by atoms with Crippen LogP contribution in [0.5, 0.6) is 0 Å². The van der Waals surface area contributed by atoms with Crippen LogP contribution in [-0.4, -0.2) is 20.9 Å². The molecular weight excluding hydrogens is 320 g/mol. The molecule has 0 fully saturated rings. The maximum Gasteiger partial charge on any atom is 0.248 e. The summed E-state index contributed by atoms with van der Waals surface area (Å²) >= 11 is 1.56. The Bertz CT molecular complexity index is 884. The molecule has 2 aromatic heterocycles. The van der Waals surface area contributed by atoms with Crippen molar-refractivity contribution in [3.05, 3.63) is 64.5 Å². The molecule has 0 bridgehead atoms. The second-order valence-electron chi connectivity index (χ2n) is 5.18. The Hall–Kier alpha value is -2.86. The normalized spacial score (nSPS) is 10.9. The third kappa shape index (κ3) is 4.11. The van der Waals surface area contributed by atoms with Crippen LogP contribution in [0.2, 0.25) is 0 Å². The lowest BCUT2D eigenvalue weighted by molar-refractivity contribution is -0.111. The maximum absolute atomic E-state index is 11.9. The second-order valence-corrected chi connectivity index (χ2v) is 6.24. The summed E-state index contributed by atoms with van der Waals surface area (Å²) in [7, 11) is 0. The van der Waals surface area contributed by atoms with Gasteiger partial charge in [-0.1, -0.05) is 12.1 Å². The predicted molar refractivity (Wildman–Crippen MR) is 96.7 cm³/mol. The lowest BCUT2D eigenvalue weighted by Crippen LogP contribution is -2.07. The van der Waals surface area contributed by atoms with Gasteiger partial charge in [-0.05, 0) is 38.1 Å². The van der Waals surface area contributed by atoms with Gasteiger partial charge in [0.15, 0.2) is 0 Å². The second kappa shape index (κ2) is 7.14. The molecule has 2 heterocycles. The van der Waals surface area contributed by atoms with Crippen LogP contribution in [-0.2, 0) is 4.79 Å². The summed E-state index contributed by atoms with van der Waals surface area (Å²) in [5.41, 5.74) is 3.36. The van der Waals surface area contributed by atoms with Crippen molar-refractivity contribution in [1.29, 1.82) is 0 Å². The number of thiazole rings is 1. The molecule has 5 nitrogen and oxygen atoms in total. The van der Waals surface area contributed by atoms with Crippen molar-refractivity contribution in [3.63, 3.8) is 0 Å². The van der Waals surface area contributed by atoms with Gasteiger partial charge in [0.25, 0.3) is 0 Å². The van der Waals surface area contributed by atoms with Gasteiger partial charge in [0.2, 0.25) is 5.91 Å². The van der Waals surface area contributed by atoms with Crippen molar-refractivity contribution < 1.29 is 4.79 Å². The van der Waals surface area contributed by atoms with E-state index in [0.29, 0.717) is 0 Å². The fourth-order valence-electron chi connectivity index (χ4n) is 2.14. The van der Waals surface area contributed by atoms with Crippen LogP contribution in [0.25, 0.3) is 17.3 Å². The first-order chi connectivity index (χ1) is 11.6. The molecule has 1 amide bonds. The molecule has 120 valence electrons. The number of hydrogen-bond acceptors (Lipinski definition) is 5. The number of hydrogen-bond donors (Lipinski definition) is 1. The third-order valence-corrected chi connectivity index (χ3v) is 4.06. The summed E-state index contributed by atoms with van der Waals surface area (Å²) < 4.78 is 0. The molecule has 0 unspecified atom stereocenters. The highest BCUT2D eigenvalue weighted by molar-refractivity contribution is 7.09. The van der Waals surface area contributed by atoms with Gasteiger partial charge in [0.1, 0.15) is 5.82 Å². The molecule has 0 aliphatic rings. The lowest BCUT2D eigenvalue weighted by atomic mass is 10.1. The number of anilines is 1. The summed E-state index contributed by atoms with van der Waals surface area (Å²) in [4.78, 5) is 24.7. The molecule has 0 saturated heterocycles. The first-order valence-electron chi connectivity index (χ1n) is 7.41. The van der Waals surface area contributed by atoms with Crippen LogP contribution in [0.3, 0.4) is 0 Å². The third-order valence-electron chi connectivity index (χ3n) is 3.27. The molecule has 24 heavy (non-hydrogen) atoms. The molecule has 0 spiro atoms. The van der Waals surface area contributed by atoms with Crippen LogP contribution in [0.4, 0.5) is 5.69 Å². The van der Waals surface area contributed by atoms with E-state index in [4.69, 9.17) is 0 Å². The first-order valence-corrected chi connectivity index (χ1v) is 8.29. The van der Waals surface area contributed by atoms with Crippen LogP contribution in [0.15, 0.2) is 48.0 Å². The molecule has 0 aliphatic carbocycles. The number of nitrogens with zero attached hydrogens (tertiary/aromatic N) is 3. The smallest absolute Gasteiger partial charge is 0.248 e. The van der Waals surface area contributed by atoms with Gasteiger partial charge in [-0.15, -0.1) is 11.3 Å². The van der Waals surface area contributed by atoms with Gasteiger partial charge in [0, 0.05) is 28.9 Å². The summed E-state index contributed by atoms with van der Waals surface area (Å²) in [6.45, 7) is 3.79. The zero-order chi connectivity index (χ0) is 16.9. The fourth-order valence-corrected chi connectivity index (χ4v) is 2.72. The number of aromatic nitrogens is 3. The first kappa shape index (κ1) is 16.0. The number of amides is 1. The van der Waals surface area contributed by atoms with Gasteiger partial charge >= 0.3 is 0 Å². The molecule has 6 heteroatoms. The number of rotatable bonds is 4. The minimum atomic E-state index is -0.189. The van der Waals surface area contributed by atoms with Gasteiger partial charge in [-0.2, -0.15) is 0 Å². The average molecular weight is 336 g/mol. The molecule has 1 aromatic carbocycles. The maximum atomic E-state index is 11.9. The van der Waals surface area contributed by atoms with E-state index in [9.17, 15) is 4.79 Å². The number of benzene rings is 1. The van der Waals surface area contributed by atoms with E-state index in [1.54, 1.807) is 23.6 Å². The number of carbonyl (C=O) groups is 1. The van der Waals surface area contributed by atoms with E-state index in [2.05, 4.69) is 20.3 Å². The van der Waals surface area contributed by atoms with Crippen molar-refractivity contribution in [2.45, 2.75) is 13.8 Å².